The molecule has 4 aromatic carbocycles. The molecule has 2 nitrogen and oxygen atoms in total. The number of nitriles is 1. The van der Waals surface area contributed by atoms with E-state index in [1.807, 2.05) is 42.5 Å². The largest absolute Gasteiger partial charge is 0.489 e. The molecule has 0 N–H and O–H groups in total. The van der Waals surface area contributed by atoms with Crippen LogP contribution in [0.2, 0.25) is 0 Å². The van der Waals surface area contributed by atoms with Crippen molar-refractivity contribution in [2.75, 3.05) is 0 Å². The van der Waals surface area contributed by atoms with Crippen molar-refractivity contribution < 1.29 is 9.13 Å². The number of nitrogens with zero attached hydrogens (tertiary/aromatic N) is 1. The maximum absolute atomic E-state index is 14.0. The molecule has 29 heavy (non-hydrogen) atoms. The van der Waals surface area contributed by atoms with E-state index in [2.05, 4.69) is 30.3 Å². The number of rotatable bonds is 5. The van der Waals surface area contributed by atoms with Gasteiger partial charge in [-0.2, -0.15) is 5.26 Å². The van der Waals surface area contributed by atoms with Gasteiger partial charge in [-0.15, -0.1) is 0 Å². The minimum Gasteiger partial charge on any atom is -0.489 e. The van der Waals surface area contributed by atoms with Gasteiger partial charge in [0.25, 0.3) is 0 Å². The molecule has 3 heteroatoms. The van der Waals surface area contributed by atoms with Crippen molar-refractivity contribution in [1.29, 1.82) is 5.26 Å². The molecule has 4 rings (SSSR count). The van der Waals surface area contributed by atoms with E-state index in [1.54, 1.807) is 24.3 Å². The van der Waals surface area contributed by atoms with E-state index in [0.717, 1.165) is 16.9 Å². The van der Waals surface area contributed by atoms with Crippen LogP contribution >= 0.6 is 0 Å². The number of ether oxygens (including phenoxy) is 1. The summed E-state index contributed by atoms with van der Waals surface area (Å²) in [6, 6.07) is 30.2. The van der Waals surface area contributed by atoms with Crippen molar-refractivity contribution in [1.82, 2.24) is 0 Å². The van der Waals surface area contributed by atoms with E-state index in [0.29, 0.717) is 12.2 Å². The van der Waals surface area contributed by atoms with Gasteiger partial charge in [-0.3, -0.25) is 0 Å². The Balaban J connectivity index is 1.51. The van der Waals surface area contributed by atoms with Crippen molar-refractivity contribution in [3.05, 3.63) is 114 Å². The molecule has 0 aliphatic carbocycles. The van der Waals surface area contributed by atoms with Crippen molar-refractivity contribution in [2.24, 2.45) is 0 Å². The number of fused-ring (bicyclic) bond motifs is 1. The SMILES string of the molecule is N#C/C(=C/c1ccc(OCc2cccc3ccccc23)cc1)c1ccccc1F. The quantitative estimate of drug-likeness (QED) is 0.288. The summed E-state index contributed by atoms with van der Waals surface area (Å²) in [5.41, 5.74) is 2.51. The lowest BCUT2D eigenvalue weighted by Crippen LogP contribution is -1.96. The van der Waals surface area contributed by atoms with Crippen LogP contribution in [0.4, 0.5) is 4.39 Å². The molecule has 0 saturated carbocycles. The summed E-state index contributed by atoms with van der Waals surface area (Å²) in [6.07, 6.45) is 1.67. The van der Waals surface area contributed by atoms with Crippen LogP contribution < -0.4 is 4.74 Å². The van der Waals surface area contributed by atoms with Gasteiger partial charge in [-0.1, -0.05) is 72.8 Å². The molecule has 0 bridgehead atoms. The molecule has 0 aliphatic heterocycles. The highest BCUT2D eigenvalue weighted by molar-refractivity contribution is 5.89. The molecule has 0 atom stereocenters. The van der Waals surface area contributed by atoms with Crippen LogP contribution in [0.5, 0.6) is 5.75 Å². The van der Waals surface area contributed by atoms with Crippen LogP contribution in [0, 0.1) is 17.1 Å². The molecule has 0 aromatic heterocycles. The van der Waals surface area contributed by atoms with Crippen LogP contribution in [0.1, 0.15) is 16.7 Å². The average molecular weight is 379 g/mol. The van der Waals surface area contributed by atoms with Gasteiger partial charge in [0.2, 0.25) is 0 Å². The van der Waals surface area contributed by atoms with E-state index < -0.39 is 5.82 Å². The molecule has 0 aliphatic rings. The fourth-order valence-electron chi connectivity index (χ4n) is 3.26. The van der Waals surface area contributed by atoms with E-state index in [1.165, 1.54) is 16.8 Å². The third kappa shape index (κ3) is 4.17. The molecular weight excluding hydrogens is 361 g/mol. The molecule has 0 unspecified atom stereocenters. The van der Waals surface area contributed by atoms with Gasteiger partial charge in [-0.25, -0.2) is 4.39 Å². The van der Waals surface area contributed by atoms with Crippen molar-refractivity contribution in [3.63, 3.8) is 0 Å². The summed E-state index contributed by atoms with van der Waals surface area (Å²) in [4.78, 5) is 0. The molecule has 0 heterocycles. The van der Waals surface area contributed by atoms with Gasteiger partial charge < -0.3 is 4.74 Å². The lowest BCUT2D eigenvalue weighted by molar-refractivity contribution is 0.307. The summed E-state index contributed by atoms with van der Waals surface area (Å²) < 4.78 is 19.9. The molecule has 140 valence electrons. The van der Waals surface area contributed by atoms with Gasteiger partial charge in [0, 0.05) is 5.56 Å². The van der Waals surface area contributed by atoms with E-state index in [4.69, 9.17) is 4.74 Å². The normalized spacial score (nSPS) is 11.2. The first-order valence-electron chi connectivity index (χ1n) is 9.31. The first-order valence-corrected chi connectivity index (χ1v) is 9.31. The Morgan fingerprint density at radius 3 is 2.38 bits per heavy atom. The standard InChI is InChI=1S/C26H18FNO/c27-26-11-4-3-10-25(26)22(17-28)16-19-12-14-23(15-13-19)29-18-21-8-5-7-20-6-1-2-9-24(20)21/h1-16H,18H2/b22-16-. The minimum atomic E-state index is -0.407. The monoisotopic (exact) mass is 379 g/mol. The zero-order valence-electron chi connectivity index (χ0n) is 15.7. The van der Waals surface area contributed by atoms with Crippen molar-refractivity contribution >= 4 is 22.4 Å². The molecule has 0 fully saturated rings. The lowest BCUT2D eigenvalue weighted by Gasteiger charge is -2.09. The first kappa shape index (κ1) is 18.5. The fraction of sp³-hybridized carbons (Fsp3) is 0.0385. The minimum absolute atomic E-state index is 0.285. The van der Waals surface area contributed by atoms with Gasteiger partial charge in [0.15, 0.2) is 0 Å². The van der Waals surface area contributed by atoms with E-state index in [9.17, 15) is 9.65 Å². The second-order valence-electron chi connectivity index (χ2n) is 6.65. The second kappa shape index (κ2) is 8.41. The molecule has 0 radical (unpaired) electrons. The summed E-state index contributed by atoms with van der Waals surface area (Å²) >= 11 is 0. The summed E-state index contributed by atoms with van der Waals surface area (Å²) in [5.74, 6) is 0.329. The Labute approximate surface area is 169 Å². The van der Waals surface area contributed by atoms with Crippen molar-refractivity contribution in [2.45, 2.75) is 6.61 Å². The number of hydrogen-bond acceptors (Lipinski definition) is 2. The second-order valence-corrected chi connectivity index (χ2v) is 6.65. The zero-order valence-corrected chi connectivity index (χ0v) is 15.7. The predicted molar refractivity (Wildman–Crippen MR) is 115 cm³/mol. The van der Waals surface area contributed by atoms with Crippen LogP contribution in [0.25, 0.3) is 22.4 Å². The number of halogens is 1. The molecule has 0 spiro atoms. The van der Waals surface area contributed by atoms with Gasteiger partial charge in [-0.05, 0) is 46.2 Å². The fourth-order valence-corrected chi connectivity index (χ4v) is 3.26. The van der Waals surface area contributed by atoms with Gasteiger partial charge in [0.1, 0.15) is 18.2 Å². The Hall–Kier alpha value is -3.90. The summed E-state index contributed by atoms with van der Waals surface area (Å²) in [6.45, 7) is 0.467. The number of benzene rings is 4. The maximum atomic E-state index is 14.0. The van der Waals surface area contributed by atoms with Crippen LogP contribution in [0.3, 0.4) is 0 Å². The van der Waals surface area contributed by atoms with Gasteiger partial charge in [0.05, 0.1) is 11.6 Å². The van der Waals surface area contributed by atoms with E-state index >= 15 is 0 Å². The third-order valence-electron chi connectivity index (χ3n) is 4.75. The Morgan fingerprint density at radius 2 is 1.59 bits per heavy atom. The summed E-state index contributed by atoms with van der Waals surface area (Å²) in [7, 11) is 0. The Kier molecular flexibility index (Phi) is 5.36. The van der Waals surface area contributed by atoms with Crippen LogP contribution in [-0.4, -0.2) is 0 Å². The predicted octanol–water partition coefficient (Wildman–Crippen LogP) is 6.62. The highest BCUT2D eigenvalue weighted by Crippen LogP contribution is 2.23. The van der Waals surface area contributed by atoms with E-state index in [-0.39, 0.29) is 5.57 Å². The smallest absolute Gasteiger partial charge is 0.131 e. The maximum Gasteiger partial charge on any atom is 0.131 e. The molecular formula is C26H18FNO. The van der Waals surface area contributed by atoms with Crippen molar-refractivity contribution in [3.8, 4) is 11.8 Å². The molecule has 4 aromatic rings. The van der Waals surface area contributed by atoms with Gasteiger partial charge >= 0.3 is 0 Å². The third-order valence-corrected chi connectivity index (χ3v) is 4.75. The average Bonchev–Trinajstić information content (AvgIpc) is 2.77. The Morgan fingerprint density at radius 1 is 0.862 bits per heavy atom. The summed E-state index contributed by atoms with van der Waals surface area (Å²) in [5, 5.41) is 11.8. The highest BCUT2D eigenvalue weighted by atomic mass is 19.1. The van der Waals surface area contributed by atoms with Crippen LogP contribution in [0.15, 0.2) is 91.0 Å². The number of hydrogen-bond donors (Lipinski definition) is 0. The number of allylic oxidation sites excluding steroid dienone is 1. The van der Waals surface area contributed by atoms with Crippen LogP contribution in [-0.2, 0) is 6.61 Å². The zero-order chi connectivity index (χ0) is 20.1. The lowest BCUT2D eigenvalue weighted by atomic mass is 10.0. The Bertz CT molecular complexity index is 1210. The highest BCUT2D eigenvalue weighted by Gasteiger charge is 2.07. The molecule has 0 amide bonds. The topological polar surface area (TPSA) is 33.0 Å². The first-order chi connectivity index (χ1) is 14.2. The molecule has 0 saturated heterocycles.